The Morgan fingerprint density at radius 1 is 1.33 bits per heavy atom. The molecule has 118 valence electrons. The highest BCUT2D eigenvalue weighted by Gasteiger charge is 2.18. The van der Waals surface area contributed by atoms with E-state index < -0.39 is 0 Å². The van der Waals surface area contributed by atoms with Gasteiger partial charge >= 0.3 is 0 Å². The second-order valence-corrected chi connectivity index (χ2v) is 5.70. The fourth-order valence-electron chi connectivity index (χ4n) is 2.40. The molecule has 0 spiro atoms. The number of piperazine rings is 1. The molecule has 0 bridgehead atoms. The van der Waals surface area contributed by atoms with E-state index in [1.807, 2.05) is 0 Å². The molecule has 1 aromatic rings. The number of likely N-dealkylation sites (N-methyl/N-ethyl adjacent to an activating group) is 1. The molecule has 7 heteroatoms. The molecular formula is C14H25N5O2. The quantitative estimate of drug-likeness (QED) is 0.421. The fraction of sp³-hybridized carbons (Fsp3) is 0.643. The number of rotatable bonds is 6. The van der Waals surface area contributed by atoms with Gasteiger partial charge in [0.1, 0.15) is 12.0 Å². The third kappa shape index (κ3) is 4.82. The normalized spacial score (nSPS) is 17.3. The van der Waals surface area contributed by atoms with Crippen molar-refractivity contribution in [2.75, 3.05) is 53.4 Å². The van der Waals surface area contributed by atoms with Crippen LogP contribution < -0.4 is 11.3 Å². The van der Waals surface area contributed by atoms with Crippen molar-refractivity contribution in [2.24, 2.45) is 5.84 Å². The molecule has 1 amide bonds. The zero-order valence-corrected chi connectivity index (χ0v) is 12.8. The number of amides is 1. The van der Waals surface area contributed by atoms with Gasteiger partial charge in [0, 0.05) is 39.3 Å². The molecule has 0 radical (unpaired) electrons. The molecule has 1 fully saturated rings. The van der Waals surface area contributed by atoms with Gasteiger partial charge in [-0.1, -0.05) is 0 Å². The topological polar surface area (TPSA) is 78.0 Å². The van der Waals surface area contributed by atoms with Gasteiger partial charge in [-0.15, -0.1) is 0 Å². The number of furan rings is 1. The van der Waals surface area contributed by atoms with Gasteiger partial charge in [0.15, 0.2) is 0 Å². The predicted molar refractivity (Wildman–Crippen MR) is 80.6 cm³/mol. The van der Waals surface area contributed by atoms with Crippen molar-refractivity contribution in [3.8, 4) is 0 Å². The minimum absolute atomic E-state index is 0.321. The Morgan fingerprint density at radius 2 is 2.00 bits per heavy atom. The van der Waals surface area contributed by atoms with Crippen LogP contribution in [-0.4, -0.2) is 74.0 Å². The summed E-state index contributed by atoms with van der Waals surface area (Å²) in [6.07, 6.45) is 1.45. The van der Waals surface area contributed by atoms with Crippen molar-refractivity contribution in [3.05, 3.63) is 23.7 Å². The van der Waals surface area contributed by atoms with Crippen LogP contribution in [0.15, 0.2) is 16.7 Å². The Kier molecular flexibility index (Phi) is 5.75. The van der Waals surface area contributed by atoms with Crippen molar-refractivity contribution in [2.45, 2.75) is 6.54 Å². The fourth-order valence-corrected chi connectivity index (χ4v) is 2.40. The number of nitrogens with zero attached hydrogens (tertiary/aromatic N) is 3. The van der Waals surface area contributed by atoms with Crippen LogP contribution in [0.1, 0.15) is 16.1 Å². The third-order valence-corrected chi connectivity index (χ3v) is 3.75. The summed E-state index contributed by atoms with van der Waals surface area (Å²) in [4.78, 5) is 18.4. The van der Waals surface area contributed by atoms with Gasteiger partial charge < -0.3 is 9.32 Å². The predicted octanol–water partition coefficient (Wildman–Crippen LogP) is -0.438. The molecule has 0 atom stereocenters. The Morgan fingerprint density at radius 3 is 2.62 bits per heavy atom. The van der Waals surface area contributed by atoms with E-state index in [1.165, 1.54) is 6.26 Å². The van der Waals surface area contributed by atoms with Crippen LogP contribution in [-0.2, 0) is 6.54 Å². The summed E-state index contributed by atoms with van der Waals surface area (Å²) in [5, 5.41) is 0. The number of carbonyl (C=O) groups excluding carboxylic acids is 1. The summed E-state index contributed by atoms with van der Waals surface area (Å²) >= 11 is 0. The Balaban J connectivity index is 1.75. The first kappa shape index (κ1) is 16.0. The van der Waals surface area contributed by atoms with E-state index >= 15 is 0 Å². The summed E-state index contributed by atoms with van der Waals surface area (Å²) in [7, 11) is 4.20. The molecule has 0 aromatic carbocycles. The minimum atomic E-state index is -0.321. The van der Waals surface area contributed by atoms with Crippen molar-refractivity contribution < 1.29 is 9.21 Å². The van der Waals surface area contributed by atoms with E-state index in [-0.39, 0.29) is 5.91 Å². The number of nitrogen functional groups attached to an aromatic ring is 1. The van der Waals surface area contributed by atoms with Crippen LogP contribution >= 0.6 is 0 Å². The molecule has 1 saturated heterocycles. The van der Waals surface area contributed by atoms with Crippen molar-refractivity contribution >= 4 is 5.91 Å². The van der Waals surface area contributed by atoms with Gasteiger partial charge in [-0.25, -0.2) is 5.84 Å². The first-order valence-corrected chi connectivity index (χ1v) is 7.26. The van der Waals surface area contributed by atoms with Gasteiger partial charge in [-0.3, -0.25) is 20.0 Å². The molecule has 0 aliphatic carbocycles. The number of hydrogen-bond donors (Lipinski definition) is 2. The van der Waals surface area contributed by atoms with E-state index in [1.54, 1.807) is 6.07 Å². The molecule has 2 rings (SSSR count). The minimum Gasteiger partial charge on any atom is -0.467 e. The Hall–Kier alpha value is -1.41. The van der Waals surface area contributed by atoms with Crippen LogP contribution in [0.3, 0.4) is 0 Å². The van der Waals surface area contributed by atoms with Crippen LogP contribution in [0.5, 0.6) is 0 Å². The number of nitrogens with one attached hydrogen (secondary N) is 1. The molecule has 1 aromatic heterocycles. The molecule has 1 aliphatic rings. The third-order valence-electron chi connectivity index (χ3n) is 3.75. The first-order valence-electron chi connectivity index (χ1n) is 7.26. The number of hydrazine groups is 1. The van der Waals surface area contributed by atoms with E-state index in [0.717, 1.165) is 51.6 Å². The number of hydrogen-bond acceptors (Lipinski definition) is 6. The lowest BCUT2D eigenvalue weighted by atomic mass is 10.2. The van der Waals surface area contributed by atoms with Crippen LogP contribution in [0.4, 0.5) is 0 Å². The second kappa shape index (κ2) is 7.56. The van der Waals surface area contributed by atoms with Gasteiger partial charge in [0.25, 0.3) is 5.91 Å². The number of carbonyl (C=O) groups is 1. The highest BCUT2D eigenvalue weighted by molar-refractivity contribution is 5.93. The molecule has 1 aliphatic heterocycles. The van der Waals surface area contributed by atoms with E-state index in [9.17, 15) is 4.79 Å². The van der Waals surface area contributed by atoms with Gasteiger partial charge in [-0.05, 0) is 20.2 Å². The smallest absolute Gasteiger partial charge is 0.268 e. The summed E-state index contributed by atoms with van der Waals surface area (Å²) in [5.74, 6) is 5.58. The van der Waals surface area contributed by atoms with Crippen LogP contribution in [0.2, 0.25) is 0 Å². The van der Waals surface area contributed by atoms with Gasteiger partial charge in [0.05, 0.1) is 12.1 Å². The molecule has 21 heavy (non-hydrogen) atoms. The average Bonchev–Trinajstić information content (AvgIpc) is 2.94. The lowest BCUT2D eigenvalue weighted by Crippen LogP contribution is -2.47. The molecule has 0 unspecified atom stereocenters. The largest absolute Gasteiger partial charge is 0.467 e. The van der Waals surface area contributed by atoms with Crippen LogP contribution in [0, 0.1) is 0 Å². The van der Waals surface area contributed by atoms with E-state index in [0.29, 0.717) is 5.56 Å². The maximum absolute atomic E-state index is 11.4. The summed E-state index contributed by atoms with van der Waals surface area (Å²) in [5.41, 5.74) is 2.57. The van der Waals surface area contributed by atoms with Crippen molar-refractivity contribution in [1.29, 1.82) is 0 Å². The molecule has 0 saturated carbocycles. The summed E-state index contributed by atoms with van der Waals surface area (Å²) in [6, 6.07) is 1.75. The van der Waals surface area contributed by atoms with Crippen molar-refractivity contribution in [1.82, 2.24) is 20.1 Å². The summed E-state index contributed by atoms with van der Waals surface area (Å²) in [6.45, 7) is 7.13. The SMILES string of the molecule is CN(C)CCN1CCN(Cc2cc(C(=O)NN)co2)CC1. The highest BCUT2D eigenvalue weighted by Crippen LogP contribution is 2.12. The van der Waals surface area contributed by atoms with Gasteiger partial charge in [-0.2, -0.15) is 0 Å². The first-order chi connectivity index (χ1) is 10.1. The maximum Gasteiger partial charge on any atom is 0.268 e. The maximum atomic E-state index is 11.4. The van der Waals surface area contributed by atoms with Crippen LogP contribution in [0.25, 0.3) is 0 Å². The molecule has 2 heterocycles. The standard InChI is InChI=1S/C14H25N5O2/c1-17(2)3-4-18-5-7-19(8-6-18)10-13-9-12(11-21-13)14(20)16-15/h9,11H,3-8,10,15H2,1-2H3,(H,16,20). The Bertz CT molecular complexity index is 452. The van der Waals surface area contributed by atoms with E-state index in [4.69, 9.17) is 10.3 Å². The molecular weight excluding hydrogens is 270 g/mol. The molecule has 7 nitrogen and oxygen atoms in total. The monoisotopic (exact) mass is 295 g/mol. The Labute approximate surface area is 125 Å². The van der Waals surface area contributed by atoms with E-state index in [2.05, 4.69) is 34.2 Å². The lowest BCUT2D eigenvalue weighted by Gasteiger charge is -2.34. The van der Waals surface area contributed by atoms with Crippen molar-refractivity contribution in [3.63, 3.8) is 0 Å². The second-order valence-electron chi connectivity index (χ2n) is 5.70. The average molecular weight is 295 g/mol. The zero-order chi connectivity index (χ0) is 15.2. The highest BCUT2D eigenvalue weighted by atomic mass is 16.3. The lowest BCUT2D eigenvalue weighted by molar-refractivity contribution is 0.0953. The molecule has 3 N–H and O–H groups in total. The van der Waals surface area contributed by atoms with Gasteiger partial charge in [0.2, 0.25) is 0 Å². The number of nitrogens with two attached hydrogens (primary N) is 1. The zero-order valence-electron chi connectivity index (χ0n) is 12.8. The summed E-state index contributed by atoms with van der Waals surface area (Å²) < 4.78 is 5.42.